The number of morpholine rings is 1. The second-order valence-electron chi connectivity index (χ2n) is 7.31. The fourth-order valence-electron chi connectivity index (χ4n) is 3.52. The van der Waals surface area contributed by atoms with Crippen LogP contribution in [0.5, 0.6) is 0 Å². The highest BCUT2D eigenvalue weighted by Gasteiger charge is 2.22. The molecule has 162 valence electrons. The smallest absolute Gasteiger partial charge is 0.328 e. The lowest BCUT2D eigenvalue weighted by Crippen LogP contribution is -2.33. The van der Waals surface area contributed by atoms with Crippen molar-refractivity contribution in [2.75, 3.05) is 32.1 Å². The molecule has 0 spiro atoms. The summed E-state index contributed by atoms with van der Waals surface area (Å²) in [5, 5.41) is 0.977. The molecule has 3 aromatic rings. The summed E-state index contributed by atoms with van der Waals surface area (Å²) in [5.41, 5.74) is 3.19. The number of ether oxygens (including phenoxy) is 1. The van der Waals surface area contributed by atoms with E-state index in [1.807, 2.05) is 30.3 Å². The van der Waals surface area contributed by atoms with Crippen molar-refractivity contribution >= 4 is 28.5 Å². The zero-order valence-corrected chi connectivity index (χ0v) is 19.2. The summed E-state index contributed by atoms with van der Waals surface area (Å²) in [4.78, 5) is 10.3. The molecule has 0 amide bonds. The van der Waals surface area contributed by atoms with Gasteiger partial charge in [0.1, 0.15) is 18.1 Å². The highest BCUT2D eigenvalue weighted by Crippen LogP contribution is 2.17. The molecule has 0 aliphatic carbocycles. The number of rotatable bonds is 4. The molecule has 1 saturated heterocycles. The second-order valence-corrected chi connectivity index (χ2v) is 8.56. The minimum absolute atomic E-state index is 0.705. The third kappa shape index (κ3) is 5.81. The number of amidine groups is 2. The van der Waals surface area contributed by atoms with Crippen molar-refractivity contribution < 1.29 is 9.31 Å². The molecular formula is C27H28N3OS+. The maximum atomic E-state index is 5.60. The lowest BCUT2D eigenvalue weighted by Gasteiger charge is -2.15. The first-order valence-corrected chi connectivity index (χ1v) is 12.0. The fraction of sp³-hybridized carbons (Fsp3) is 0.222. The summed E-state index contributed by atoms with van der Waals surface area (Å²) in [6, 6.07) is 30.9. The van der Waals surface area contributed by atoms with Crippen molar-refractivity contribution in [1.29, 1.82) is 0 Å². The van der Waals surface area contributed by atoms with Gasteiger partial charge in [0.05, 0.1) is 18.8 Å². The molecule has 1 heterocycles. The SMILES string of the molecule is CCSC(=NC(=NC(c1ccccc1)=[N+]1CCOCC1)c1ccccc1)c1ccccc1. The van der Waals surface area contributed by atoms with E-state index < -0.39 is 0 Å². The second kappa shape index (κ2) is 11.6. The van der Waals surface area contributed by atoms with Crippen LogP contribution in [-0.2, 0) is 4.74 Å². The van der Waals surface area contributed by atoms with Crippen LogP contribution in [0.25, 0.3) is 0 Å². The summed E-state index contributed by atoms with van der Waals surface area (Å²) in [5.74, 6) is 2.59. The topological polar surface area (TPSA) is 37.0 Å². The van der Waals surface area contributed by atoms with Crippen LogP contribution < -0.4 is 0 Å². The van der Waals surface area contributed by atoms with Crippen LogP contribution in [0.3, 0.4) is 0 Å². The van der Waals surface area contributed by atoms with E-state index in [1.165, 1.54) is 0 Å². The van der Waals surface area contributed by atoms with E-state index in [1.54, 1.807) is 11.8 Å². The van der Waals surface area contributed by atoms with Crippen molar-refractivity contribution in [3.63, 3.8) is 0 Å². The van der Waals surface area contributed by atoms with Gasteiger partial charge in [0, 0.05) is 11.1 Å². The first-order valence-electron chi connectivity index (χ1n) is 11.0. The molecule has 3 aromatic carbocycles. The van der Waals surface area contributed by atoms with Crippen LogP contribution in [0.1, 0.15) is 23.6 Å². The molecule has 4 rings (SSSR count). The van der Waals surface area contributed by atoms with Crippen molar-refractivity contribution in [2.24, 2.45) is 9.98 Å². The monoisotopic (exact) mass is 442 g/mol. The van der Waals surface area contributed by atoms with Crippen LogP contribution >= 0.6 is 11.8 Å². The van der Waals surface area contributed by atoms with Gasteiger partial charge in [-0.05, 0) is 35.0 Å². The van der Waals surface area contributed by atoms with Gasteiger partial charge in [-0.1, -0.05) is 73.7 Å². The first-order chi connectivity index (χ1) is 15.8. The third-order valence-corrected chi connectivity index (χ3v) is 5.98. The van der Waals surface area contributed by atoms with Gasteiger partial charge < -0.3 is 4.74 Å². The number of thioether (sulfide) groups is 1. The summed E-state index contributed by atoms with van der Waals surface area (Å²) >= 11 is 1.74. The van der Waals surface area contributed by atoms with E-state index in [2.05, 4.69) is 72.2 Å². The minimum Gasteiger partial charge on any atom is -0.373 e. The lowest BCUT2D eigenvalue weighted by molar-refractivity contribution is -0.549. The predicted molar refractivity (Wildman–Crippen MR) is 135 cm³/mol. The quantitative estimate of drug-likeness (QED) is 0.319. The Morgan fingerprint density at radius 3 is 1.84 bits per heavy atom. The average Bonchev–Trinajstić information content (AvgIpc) is 2.88. The standard InChI is InChI=1S/C27H28N3OS/c1-2-32-27(24-16-10-5-11-17-24)29-25(22-12-6-3-7-13-22)28-26(23-14-8-4-9-15-23)30-18-20-31-21-19-30/h3-17H,2,18-21H2,1H3/q+1. The van der Waals surface area contributed by atoms with Gasteiger partial charge in [0.25, 0.3) is 5.84 Å². The van der Waals surface area contributed by atoms with Crippen LogP contribution in [-0.4, -0.2) is 53.3 Å². The Bertz CT molecular complexity index is 1090. The zero-order valence-electron chi connectivity index (χ0n) is 18.4. The molecular weight excluding hydrogens is 414 g/mol. The molecule has 5 heteroatoms. The Kier molecular flexibility index (Phi) is 8.01. The van der Waals surface area contributed by atoms with Crippen LogP contribution in [0.15, 0.2) is 101 Å². The van der Waals surface area contributed by atoms with Gasteiger partial charge in [0.2, 0.25) is 0 Å². The molecule has 0 radical (unpaired) electrons. The van der Waals surface area contributed by atoms with Crippen molar-refractivity contribution in [3.05, 3.63) is 108 Å². The average molecular weight is 443 g/mol. The van der Waals surface area contributed by atoms with E-state index in [-0.39, 0.29) is 0 Å². The molecule has 1 fully saturated rings. The third-order valence-electron chi connectivity index (χ3n) is 5.10. The van der Waals surface area contributed by atoms with Gasteiger partial charge in [-0.15, -0.1) is 11.8 Å². The predicted octanol–water partition coefficient (Wildman–Crippen LogP) is 5.12. The van der Waals surface area contributed by atoms with Gasteiger partial charge in [-0.3, -0.25) is 4.58 Å². The fourth-order valence-corrected chi connectivity index (χ4v) is 4.24. The number of hydrogen-bond acceptors (Lipinski definition) is 2. The maximum Gasteiger partial charge on any atom is 0.328 e. The van der Waals surface area contributed by atoms with E-state index in [4.69, 9.17) is 14.7 Å². The van der Waals surface area contributed by atoms with E-state index in [0.29, 0.717) is 13.2 Å². The molecule has 1 aliphatic heterocycles. The molecule has 0 unspecified atom stereocenters. The van der Waals surface area contributed by atoms with Crippen molar-refractivity contribution in [1.82, 2.24) is 0 Å². The zero-order chi connectivity index (χ0) is 22.0. The highest BCUT2D eigenvalue weighted by atomic mass is 32.2. The Hall–Kier alpha value is -3.02. The van der Waals surface area contributed by atoms with Gasteiger partial charge in [-0.25, -0.2) is 0 Å². The van der Waals surface area contributed by atoms with Gasteiger partial charge in [-0.2, -0.15) is 4.99 Å². The Morgan fingerprint density at radius 1 is 0.750 bits per heavy atom. The van der Waals surface area contributed by atoms with Crippen LogP contribution in [0.2, 0.25) is 0 Å². The Labute approximate surface area is 194 Å². The summed E-state index contributed by atoms with van der Waals surface area (Å²) in [6.07, 6.45) is 0. The first kappa shape index (κ1) is 22.2. The summed E-state index contributed by atoms with van der Waals surface area (Å²) < 4.78 is 7.89. The maximum absolute atomic E-state index is 5.60. The van der Waals surface area contributed by atoms with Crippen LogP contribution in [0.4, 0.5) is 0 Å². The molecule has 32 heavy (non-hydrogen) atoms. The number of aliphatic imine (C=N–C) groups is 2. The molecule has 4 nitrogen and oxygen atoms in total. The van der Waals surface area contributed by atoms with Crippen LogP contribution in [0, 0.1) is 0 Å². The number of nitrogens with zero attached hydrogens (tertiary/aromatic N) is 3. The molecule has 0 saturated carbocycles. The van der Waals surface area contributed by atoms with E-state index >= 15 is 0 Å². The molecule has 0 bridgehead atoms. The Morgan fingerprint density at radius 2 is 1.28 bits per heavy atom. The van der Waals surface area contributed by atoms with E-state index in [0.717, 1.165) is 52.2 Å². The molecule has 1 aliphatic rings. The lowest BCUT2D eigenvalue weighted by atomic mass is 10.1. The minimum atomic E-state index is 0.705. The number of benzene rings is 3. The highest BCUT2D eigenvalue weighted by molar-refractivity contribution is 8.14. The summed E-state index contributed by atoms with van der Waals surface area (Å²) in [6.45, 7) is 5.19. The van der Waals surface area contributed by atoms with Crippen molar-refractivity contribution in [3.8, 4) is 0 Å². The van der Waals surface area contributed by atoms with E-state index in [9.17, 15) is 0 Å². The molecule has 0 N–H and O–H groups in total. The summed E-state index contributed by atoms with van der Waals surface area (Å²) in [7, 11) is 0. The van der Waals surface area contributed by atoms with Gasteiger partial charge >= 0.3 is 5.84 Å². The normalized spacial score (nSPS) is 15.0. The molecule has 0 aromatic heterocycles. The molecule has 0 atom stereocenters. The largest absolute Gasteiger partial charge is 0.373 e. The van der Waals surface area contributed by atoms with Crippen molar-refractivity contribution in [2.45, 2.75) is 6.92 Å². The Balaban J connectivity index is 1.88. The number of hydrogen-bond donors (Lipinski definition) is 0. The van der Waals surface area contributed by atoms with Gasteiger partial charge in [0.15, 0.2) is 0 Å².